The quantitative estimate of drug-likeness (QED) is 0.782. The predicted octanol–water partition coefficient (Wildman–Crippen LogP) is 3.24. The molecule has 2 amide bonds. The lowest BCUT2D eigenvalue weighted by atomic mass is 10.2. The molecule has 1 atom stereocenters. The Kier molecular flexibility index (Phi) is 5.92. The molecule has 11 heteroatoms. The number of hydrogen-bond donors (Lipinski definition) is 2. The summed E-state index contributed by atoms with van der Waals surface area (Å²) in [7, 11) is 0. The van der Waals surface area contributed by atoms with Crippen LogP contribution in [-0.2, 0) is 11.0 Å². The van der Waals surface area contributed by atoms with Crippen LogP contribution in [0.1, 0.15) is 29.4 Å². The van der Waals surface area contributed by atoms with Crippen molar-refractivity contribution in [2.75, 3.05) is 18.4 Å². The summed E-state index contributed by atoms with van der Waals surface area (Å²) in [6.45, 7) is 1.69. The van der Waals surface area contributed by atoms with Crippen molar-refractivity contribution in [3.05, 3.63) is 46.7 Å². The van der Waals surface area contributed by atoms with E-state index >= 15 is 0 Å². The number of carbonyl (C=O) groups excluding carboxylic acids is 2. The van der Waals surface area contributed by atoms with Gasteiger partial charge in [0.15, 0.2) is 5.69 Å². The van der Waals surface area contributed by atoms with E-state index in [1.54, 1.807) is 18.2 Å². The van der Waals surface area contributed by atoms with Crippen LogP contribution in [0.15, 0.2) is 30.5 Å². The minimum atomic E-state index is -4.85. The third-order valence-corrected chi connectivity index (χ3v) is 4.49. The Labute approximate surface area is 169 Å². The fourth-order valence-corrected chi connectivity index (χ4v) is 3.22. The van der Waals surface area contributed by atoms with Crippen LogP contribution in [0.25, 0.3) is 0 Å². The number of alkyl halides is 3. The van der Waals surface area contributed by atoms with Gasteiger partial charge in [-0.3, -0.25) is 9.59 Å². The van der Waals surface area contributed by atoms with Gasteiger partial charge >= 0.3 is 6.18 Å². The highest BCUT2D eigenvalue weighted by molar-refractivity contribution is 6.30. The number of aromatic nitrogens is 2. The van der Waals surface area contributed by atoms with E-state index in [-0.39, 0.29) is 31.0 Å². The van der Waals surface area contributed by atoms with Crippen molar-refractivity contribution < 1.29 is 22.8 Å². The van der Waals surface area contributed by atoms with Gasteiger partial charge in [0.05, 0.1) is 5.56 Å². The third kappa shape index (κ3) is 5.14. The highest BCUT2D eigenvalue weighted by Crippen LogP contribution is 2.32. The van der Waals surface area contributed by atoms with Crippen LogP contribution in [-0.4, -0.2) is 45.8 Å². The van der Waals surface area contributed by atoms with Gasteiger partial charge in [-0.15, -0.1) is 0 Å². The van der Waals surface area contributed by atoms with Gasteiger partial charge in [0.25, 0.3) is 5.91 Å². The second kappa shape index (κ2) is 8.24. The second-order valence-electron chi connectivity index (χ2n) is 6.53. The smallest absolute Gasteiger partial charge is 0.352 e. The summed E-state index contributed by atoms with van der Waals surface area (Å²) in [6, 6.07) is 6.03. The Morgan fingerprint density at radius 2 is 2.07 bits per heavy atom. The summed E-state index contributed by atoms with van der Waals surface area (Å²) >= 11 is 5.86. The van der Waals surface area contributed by atoms with E-state index in [2.05, 4.69) is 20.6 Å². The number of rotatable bonds is 4. The van der Waals surface area contributed by atoms with E-state index in [0.717, 1.165) is 6.20 Å². The van der Waals surface area contributed by atoms with Crippen LogP contribution in [0.4, 0.5) is 24.8 Å². The summed E-state index contributed by atoms with van der Waals surface area (Å²) in [6.07, 6.45) is -3.53. The lowest BCUT2D eigenvalue weighted by molar-refractivity contribution is -0.141. The van der Waals surface area contributed by atoms with Crippen molar-refractivity contribution in [2.45, 2.75) is 25.6 Å². The molecular weight excluding hydrogens is 411 g/mol. The fourth-order valence-electron chi connectivity index (χ4n) is 3.03. The highest BCUT2D eigenvalue weighted by atomic mass is 35.5. The Morgan fingerprint density at radius 3 is 2.72 bits per heavy atom. The van der Waals surface area contributed by atoms with Crippen molar-refractivity contribution in [2.24, 2.45) is 0 Å². The number of amides is 2. The first kappa shape index (κ1) is 20.8. The number of halogens is 4. The monoisotopic (exact) mass is 427 g/mol. The van der Waals surface area contributed by atoms with Gasteiger partial charge in [-0.25, -0.2) is 9.97 Å². The second-order valence-corrected chi connectivity index (χ2v) is 6.96. The molecule has 1 aromatic carbocycles. The summed E-state index contributed by atoms with van der Waals surface area (Å²) in [5.74, 6) is -1.41. The molecule has 0 aliphatic carbocycles. The van der Waals surface area contributed by atoms with E-state index in [1.165, 1.54) is 17.9 Å². The summed E-state index contributed by atoms with van der Waals surface area (Å²) in [5, 5.41) is 5.69. The summed E-state index contributed by atoms with van der Waals surface area (Å²) < 4.78 is 40.7. The number of nitrogens with one attached hydrogen (secondary N) is 2. The van der Waals surface area contributed by atoms with Crippen LogP contribution < -0.4 is 10.6 Å². The average Bonchev–Trinajstić information content (AvgIpc) is 3.08. The van der Waals surface area contributed by atoms with Crippen molar-refractivity contribution in [3.8, 4) is 0 Å². The summed E-state index contributed by atoms with van der Waals surface area (Å²) in [4.78, 5) is 32.4. The van der Waals surface area contributed by atoms with Crippen molar-refractivity contribution in [1.82, 2.24) is 20.2 Å². The van der Waals surface area contributed by atoms with Gasteiger partial charge < -0.3 is 15.5 Å². The Morgan fingerprint density at radius 1 is 1.31 bits per heavy atom. The standard InChI is InChI=1S/C18H17ClF3N5O2/c1-10(28)24-13-5-6-27(9-13)16(29)14-8-23-17(26-15(14)18(20,21)22)25-12-4-2-3-11(19)7-12/h2-4,7-8,13H,5-6,9H2,1H3,(H,24,28)(H,23,25,26)/t13-/m0/s1. The molecule has 0 radical (unpaired) electrons. The maximum atomic E-state index is 13.6. The zero-order chi connectivity index (χ0) is 21.2. The minimum Gasteiger partial charge on any atom is -0.352 e. The number of carbonyl (C=O) groups is 2. The predicted molar refractivity (Wildman–Crippen MR) is 99.9 cm³/mol. The molecule has 1 saturated heterocycles. The van der Waals surface area contributed by atoms with Crippen LogP contribution in [0.2, 0.25) is 5.02 Å². The topological polar surface area (TPSA) is 87.2 Å². The minimum absolute atomic E-state index is 0.123. The Bertz CT molecular complexity index is 938. The van der Waals surface area contributed by atoms with E-state index in [4.69, 9.17) is 11.6 Å². The van der Waals surface area contributed by atoms with E-state index in [1.807, 2.05) is 0 Å². The molecule has 0 spiro atoms. The van der Waals surface area contributed by atoms with Gasteiger partial charge in [0.1, 0.15) is 0 Å². The molecule has 2 aromatic rings. The Balaban J connectivity index is 1.85. The van der Waals surface area contributed by atoms with Crippen molar-refractivity contribution in [1.29, 1.82) is 0 Å². The first-order valence-corrected chi connectivity index (χ1v) is 9.04. The molecule has 154 valence electrons. The van der Waals surface area contributed by atoms with Crippen LogP contribution in [0, 0.1) is 0 Å². The molecule has 3 rings (SSSR count). The van der Waals surface area contributed by atoms with Gasteiger partial charge in [0, 0.05) is 43.0 Å². The fraction of sp³-hybridized carbons (Fsp3) is 0.333. The molecule has 7 nitrogen and oxygen atoms in total. The number of likely N-dealkylation sites (tertiary alicyclic amines) is 1. The molecule has 1 aliphatic heterocycles. The molecule has 2 heterocycles. The van der Waals surface area contributed by atoms with Gasteiger partial charge in [-0.1, -0.05) is 17.7 Å². The molecular formula is C18H17ClF3N5O2. The van der Waals surface area contributed by atoms with E-state index in [9.17, 15) is 22.8 Å². The van der Waals surface area contributed by atoms with Crippen molar-refractivity contribution >= 4 is 35.1 Å². The Hall–Kier alpha value is -2.88. The maximum Gasteiger partial charge on any atom is 0.434 e. The first-order chi connectivity index (χ1) is 13.6. The lowest BCUT2D eigenvalue weighted by Gasteiger charge is -2.19. The van der Waals surface area contributed by atoms with Crippen LogP contribution in [0.3, 0.4) is 0 Å². The molecule has 1 aromatic heterocycles. The average molecular weight is 428 g/mol. The number of benzene rings is 1. The van der Waals surface area contributed by atoms with Crippen LogP contribution in [0.5, 0.6) is 0 Å². The normalized spacial score (nSPS) is 16.6. The molecule has 1 fully saturated rings. The zero-order valence-electron chi connectivity index (χ0n) is 15.3. The highest BCUT2D eigenvalue weighted by Gasteiger charge is 2.40. The lowest BCUT2D eigenvalue weighted by Crippen LogP contribution is -2.38. The number of nitrogens with zero attached hydrogens (tertiary/aromatic N) is 3. The molecule has 1 aliphatic rings. The van der Waals surface area contributed by atoms with E-state index < -0.39 is 23.3 Å². The maximum absolute atomic E-state index is 13.6. The van der Waals surface area contributed by atoms with Gasteiger partial charge in [-0.05, 0) is 24.6 Å². The van der Waals surface area contributed by atoms with Crippen molar-refractivity contribution in [3.63, 3.8) is 0 Å². The SMILES string of the molecule is CC(=O)N[C@H]1CCN(C(=O)c2cnc(Nc3cccc(Cl)c3)nc2C(F)(F)F)C1. The molecule has 29 heavy (non-hydrogen) atoms. The van der Waals surface area contributed by atoms with Crippen LogP contribution >= 0.6 is 11.6 Å². The number of hydrogen-bond acceptors (Lipinski definition) is 5. The molecule has 0 unspecified atom stereocenters. The van der Waals surface area contributed by atoms with Gasteiger partial charge in [0.2, 0.25) is 11.9 Å². The zero-order valence-corrected chi connectivity index (χ0v) is 16.0. The largest absolute Gasteiger partial charge is 0.434 e. The molecule has 2 N–H and O–H groups in total. The molecule has 0 bridgehead atoms. The third-order valence-electron chi connectivity index (χ3n) is 4.25. The number of anilines is 2. The first-order valence-electron chi connectivity index (χ1n) is 8.66. The van der Waals surface area contributed by atoms with E-state index in [0.29, 0.717) is 17.1 Å². The van der Waals surface area contributed by atoms with Gasteiger partial charge in [-0.2, -0.15) is 13.2 Å². The summed E-state index contributed by atoms with van der Waals surface area (Å²) in [5.41, 5.74) is -1.56. The molecule has 0 saturated carbocycles.